The summed E-state index contributed by atoms with van der Waals surface area (Å²) in [4.78, 5) is 4.74. The van der Waals surface area contributed by atoms with E-state index in [9.17, 15) is 0 Å². The molecule has 0 atom stereocenters. The molecule has 0 aliphatic heterocycles. The molecule has 0 unspecified atom stereocenters. The molecule has 58 heavy (non-hydrogen) atoms. The average molecular weight is 777 g/mol. The van der Waals surface area contributed by atoms with Gasteiger partial charge in [-0.1, -0.05) is 146 Å². The summed E-state index contributed by atoms with van der Waals surface area (Å²) in [5, 5.41) is 9.89. The van der Waals surface area contributed by atoms with E-state index in [2.05, 4.69) is 228 Å². The predicted octanol–water partition coefficient (Wildman–Crippen LogP) is 16.7. The Morgan fingerprint density at radius 3 is 0.948 bits per heavy atom. The molecule has 0 N–H and O–H groups in total. The molecule has 2 nitrogen and oxygen atoms in total. The van der Waals surface area contributed by atoms with Gasteiger partial charge >= 0.3 is 0 Å². The summed E-state index contributed by atoms with van der Waals surface area (Å²) >= 11 is 3.65. The fraction of sp³-hybridized carbons (Fsp3) is 0. The molecule has 0 saturated heterocycles. The Morgan fingerprint density at radius 1 is 0.276 bits per heavy atom. The van der Waals surface area contributed by atoms with Crippen LogP contribution in [0, 0.1) is 0 Å². The van der Waals surface area contributed by atoms with Gasteiger partial charge in [0.05, 0.1) is 0 Å². The number of para-hydroxylation sites is 2. The molecule has 2 heterocycles. The molecule has 9 aromatic carbocycles. The van der Waals surface area contributed by atoms with Crippen molar-refractivity contribution in [3.05, 3.63) is 218 Å². The molecule has 0 fully saturated rings. The third-order valence-corrected chi connectivity index (χ3v) is 13.3. The minimum atomic E-state index is 1.13. The van der Waals surface area contributed by atoms with Gasteiger partial charge in [0.1, 0.15) is 10.0 Å². The summed E-state index contributed by atoms with van der Waals surface area (Å²) in [6, 6.07) is 79.4. The maximum absolute atomic E-state index is 2.37. The molecule has 0 radical (unpaired) electrons. The van der Waals surface area contributed by atoms with Crippen LogP contribution in [0.15, 0.2) is 218 Å². The van der Waals surface area contributed by atoms with Crippen LogP contribution in [0.25, 0.3) is 64.0 Å². The van der Waals surface area contributed by atoms with E-state index in [0.29, 0.717) is 0 Å². The zero-order valence-electron chi connectivity index (χ0n) is 31.5. The summed E-state index contributed by atoms with van der Waals surface area (Å²) in [6.07, 6.45) is 0. The first-order valence-corrected chi connectivity index (χ1v) is 21.2. The standard InChI is InChI=1S/C54H36N2S2/c1-3-17-41(18-4-1)55(51-35-39-15-7-13-25-49(39)57-51)43-31-27-37(28-32-43)53-45-21-9-11-23-47(45)54(48-24-12-10-22-46(48)53)38-29-33-44(34-30-38)56(42-19-5-2-6-20-42)52-36-40-16-8-14-26-50(40)58-52/h1-36H. The number of benzene rings is 9. The van der Waals surface area contributed by atoms with Gasteiger partial charge in [0, 0.05) is 32.1 Å². The maximum Gasteiger partial charge on any atom is 0.101 e. The maximum atomic E-state index is 2.37. The zero-order valence-corrected chi connectivity index (χ0v) is 33.1. The van der Waals surface area contributed by atoms with Crippen molar-refractivity contribution in [3.63, 3.8) is 0 Å². The van der Waals surface area contributed by atoms with Crippen LogP contribution in [0.2, 0.25) is 0 Å². The topological polar surface area (TPSA) is 6.48 Å². The summed E-state index contributed by atoms with van der Waals surface area (Å²) in [5.74, 6) is 0. The van der Waals surface area contributed by atoms with Gasteiger partial charge in [-0.15, -0.1) is 22.7 Å². The number of fused-ring (bicyclic) bond motifs is 4. The second-order valence-electron chi connectivity index (χ2n) is 14.5. The van der Waals surface area contributed by atoms with Gasteiger partial charge in [-0.2, -0.15) is 0 Å². The van der Waals surface area contributed by atoms with E-state index in [1.54, 1.807) is 0 Å². The van der Waals surface area contributed by atoms with Gasteiger partial charge < -0.3 is 9.80 Å². The molecular formula is C54H36N2S2. The number of hydrogen-bond acceptors (Lipinski definition) is 4. The third-order valence-electron chi connectivity index (χ3n) is 11.1. The number of thiophene rings is 2. The van der Waals surface area contributed by atoms with Crippen molar-refractivity contribution < 1.29 is 0 Å². The Balaban J connectivity index is 1.02. The molecule has 0 aliphatic carbocycles. The summed E-state index contributed by atoms with van der Waals surface area (Å²) < 4.78 is 2.57. The molecule has 0 saturated carbocycles. The van der Waals surface area contributed by atoms with E-state index in [0.717, 1.165) is 22.7 Å². The van der Waals surface area contributed by atoms with Crippen LogP contribution in [0.4, 0.5) is 32.8 Å². The first-order valence-electron chi connectivity index (χ1n) is 19.6. The second-order valence-corrected chi connectivity index (χ2v) is 16.6. The minimum absolute atomic E-state index is 1.13. The minimum Gasteiger partial charge on any atom is -0.302 e. The van der Waals surface area contributed by atoms with E-state index in [-0.39, 0.29) is 0 Å². The largest absolute Gasteiger partial charge is 0.302 e. The Kier molecular flexibility index (Phi) is 8.58. The summed E-state index contributed by atoms with van der Waals surface area (Å²) in [6.45, 7) is 0. The van der Waals surface area contributed by atoms with Crippen molar-refractivity contribution in [1.29, 1.82) is 0 Å². The average Bonchev–Trinajstić information content (AvgIpc) is 3.92. The highest BCUT2D eigenvalue weighted by Gasteiger charge is 2.20. The molecule has 0 amide bonds. The van der Waals surface area contributed by atoms with Crippen LogP contribution in [-0.2, 0) is 0 Å². The first kappa shape index (κ1) is 34.3. The van der Waals surface area contributed by atoms with E-state index in [4.69, 9.17) is 0 Å². The quantitative estimate of drug-likeness (QED) is 0.142. The molecule has 0 bridgehead atoms. The molecule has 11 rings (SSSR count). The van der Waals surface area contributed by atoms with Crippen LogP contribution in [0.1, 0.15) is 0 Å². The number of anilines is 6. The molecular weight excluding hydrogens is 741 g/mol. The van der Waals surface area contributed by atoms with Crippen LogP contribution < -0.4 is 9.80 Å². The Hall–Kier alpha value is -6.98. The summed E-state index contributed by atoms with van der Waals surface area (Å²) in [7, 11) is 0. The molecule has 2 aromatic heterocycles. The van der Waals surface area contributed by atoms with Crippen molar-refractivity contribution in [2.75, 3.05) is 9.80 Å². The van der Waals surface area contributed by atoms with E-state index >= 15 is 0 Å². The Bertz CT molecular complexity index is 2880. The number of nitrogens with zero attached hydrogens (tertiary/aromatic N) is 2. The van der Waals surface area contributed by atoms with Crippen LogP contribution in [-0.4, -0.2) is 0 Å². The van der Waals surface area contributed by atoms with Crippen LogP contribution in [0.3, 0.4) is 0 Å². The van der Waals surface area contributed by atoms with Crippen molar-refractivity contribution in [1.82, 2.24) is 0 Å². The third kappa shape index (κ3) is 6.02. The number of hydrogen-bond donors (Lipinski definition) is 0. The van der Waals surface area contributed by atoms with Gasteiger partial charge in [0.2, 0.25) is 0 Å². The number of rotatable bonds is 8. The van der Waals surface area contributed by atoms with Crippen LogP contribution in [0.5, 0.6) is 0 Å². The Morgan fingerprint density at radius 2 is 0.586 bits per heavy atom. The van der Waals surface area contributed by atoms with Gasteiger partial charge in [-0.25, -0.2) is 0 Å². The molecule has 0 aliphatic rings. The fourth-order valence-electron chi connectivity index (χ4n) is 8.42. The summed E-state index contributed by atoms with van der Waals surface area (Å²) in [5.41, 5.74) is 9.46. The fourth-order valence-corrected chi connectivity index (χ4v) is 10.6. The smallest absolute Gasteiger partial charge is 0.101 e. The zero-order chi connectivity index (χ0) is 38.4. The van der Waals surface area contributed by atoms with Gasteiger partial charge in [0.25, 0.3) is 0 Å². The van der Waals surface area contributed by atoms with E-state index in [1.807, 2.05) is 22.7 Å². The van der Waals surface area contributed by atoms with Crippen LogP contribution >= 0.6 is 22.7 Å². The van der Waals surface area contributed by atoms with Crippen molar-refractivity contribution >= 4 is 97.1 Å². The second kappa shape index (κ2) is 14.5. The predicted molar refractivity (Wildman–Crippen MR) is 252 cm³/mol. The van der Waals surface area contributed by atoms with Crippen molar-refractivity contribution in [3.8, 4) is 22.3 Å². The van der Waals surface area contributed by atoms with E-state index < -0.39 is 0 Å². The van der Waals surface area contributed by atoms with Gasteiger partial charge in [-0.05, 0) is 127 Å². The molecule has 0 spiro atoms. The first-order chi connectivity index (χ1) is 28.8. The molecule has 11 aromatic rings. The Labute approximate surface area is 345 Å². The van der Waals surface area contributed by atoms with Crippen molar-refractivity contribution in [2.45, 2.75) is 0 Å². The monoisotopic (exact) mass is 776 g/mol. The highest BCUT2D eigenvalue weighted by molar-refractivity contribution is 7.23. The lowest BCUT2D eigenvalue weighted by atomic mass is 9.86. The highest BCUT2D eigenvalue weighted by Crippen LogP contribution is 2.47. The van der Waals surface area contributed by atoms with Gasteiger partial charge in [-0.3, -0.25) is 0 Å². The molecule has 4 heteroatoms. The lowest BCUT2D eigenvalue weighted by Crippen LogP contribution is -2.08. The van der Waals surface area contributed by atoms with Crippen molar-refractivity contribution in [2.24, 2.45) is 0 Å². The SMILES string of the molecule is c1ccc(N(c2ccc(-c3c4ccccc4c(-c4ccc(N(c5ccccc5)c5cc6ccccc6s5)cc4)c4ccccc34)cc2)c2cc3ccccc3s2)cc1. The highest BCUT2D eigenvalue weighted by atomic mass is 32.1. The normalized spacial score (nSPS) is 11.4. The van der Waals surface area contributed by atoms with E-state index in [1.165, 1.54) is 74.0 Å². The molecule has 274 valence electrons. The van der Waals surface area contributed by atoms with Gasteiger partial charge in [0.15, 0.2) is 0 Å². The lowest BCUT2D eigenvalue weighted by Gasteiger charge is -2.24. The lowest BCUT2D eigenvalue weighted by molar-refractivity contribution is 1.32.